The lowest BCUT2D eigenvalue weighted by atomic mass is 10.1. The lowest BCUT2D eigenvalue weighted by Crippen LogP contribution is -2.13. The van der Waals surface area contributed by atoms with Crippen LogP contribution in [0, 0.1) is 0 Å². The molecule has 0 spiro atoms. The number of amides is 1. The van der Waals surface area contributed by atoms with E-state index < -0.39 is 0 Å². The number of rotatable bonds is 6. The van der Waals surface area contributed by atoms with E-state index >= 15 is 0 Å². The van der Waals surface area contributed by atoms with Gasteiger partial charge in [-0.1, -0.05) is 48.5 Å². The molecule has 0 radical (unpaired) electrons. The maximum atomic E-state index is 12.8. The number of nitrogens with zero attached hydrogens (tertiary/aromatic N) is 2. The van der Waals surface area contributed by atoms with Crippen LogP contribution in [0.15, 0.2) is 115 Å². The van der Waals surface area contributed by atoms with Gasteiger partial charge >= 0.3 is 0 Å². The molecule has 44 heavy (non-hydrogen) atoms. The van der Waals surface area contributed by atoms with Crippen LogP contribution in [-0.4, -0.2) is 40.1 Å². The summed E-state index contributed by atoms with van der Waals surface area (Å²) in [5.74, 6) is 2.34. The molecule has 5 aromatic carbocycles. The number of benzene rings is 5. The van der Waals surface area contributed by atoms with Gasteiger partial charge in [0, 0.05) is 22.4 Å². The molecule has 9 nitrogen and oxygen atoms in total. The van der Waals surface area contributed by atoms with Crippen molar-refractivity contribution >= 4 is 39.3 Å². The van der Waals surface area contributed by atoms with Crippen molar-refractivity contribution in [3.63, 3.8) is 0 Å². The van der Waals surface area contributed by atoms with E-state index in [2.05, 4.69) is 25.3 Å². The normalized spacial score (nSPS) is 10.7. The first-order valence-electron chi connectivity index (χ1n) is 13.9. The molecule has 0 aliphatic heterocycles. The number of para-hydroxylation sites is 6. The number of aromatic nitrogens is 4. The van der Waals surface area contributed by atoms with Crippen LogP contribution in [0.3, 0.4) is 0 Å². The zero-order chi connectivity index (χ0) is 30.5. The quantitative estimate of drug-likeness (QED) is 0.152. The minimum Gasteiger partial charge on any atom is -0.493 e. The van der Waals surface area contributed by atoms with Gasteiger partial charge in [0.2, 0.25) is 0 Å². The maximum absolute atomic E-state index is 12.8. The van der Waals surface area contributed by atoms with Gasteiger partial charge in [-0.25, -0.2) is 9.97 Å². The van der Waals surface area contributed by atoms with Crippen LogP contribution in [0.25, 0.3) is 44.8 Å². The highest BCUT2D eigenvalue weighted by Gasteiger charge is 2.15. The SMILES string of the molecule is COc1ccc(C(=O)Nc2ccccc2-c2nc3ccccc3[nH]2)cc1OC.Nc1ccccc1-c1nc2ccccc2[nH]1. The van der Waals surface area contributed by atoms with Crippen molar-refractivity contribution in [1.29, 1.82) is 0 Å². The fraction of sp³-hybridized carbons (Fsp3) is 0.0571. The Morgan fingerprint density at radius 3 is 1.82 bits per heavy atom. The fourth-order valence-corrected chi connectivity index (χ4v) is 4.84. The molecule has 0 aliphatic carbocycles. The second-order valence-corrected chi connectivity index (χ2v) is 9.86. The topological polar surface area (TPSA) is 131 Å². The Hall–Kier alpha value is -6.09. The number of fused-ring (bicyclic) bond motifs is 2. The number of hydrogen-bond acceptors (Lipinski definition) is 6. The Kier molecular flexibility index (Phi) is 7.92. The highest BCUT2D eigenvalue weighted by molar-refractivity contribution is 6.06. The molecule has 0 bridgehead atoms. The molecule has 7 aromatic rings. The third kappa shape index (κ3) is 5.79. The smallest absolute Gasteiger partial charge is 0.255 e. The van der Waals surface area contributed by atoms with E-state index in [0.717, 1.165) is 44.7 Å². The van der Waals surface area contributed by atoms with Crippen molar-refractivity contribution in [3.05, 3.63) is 121 Å². The van der Waals surface area contributed by atoms with Gasteiger partial charge in [-0.3, -0.25) is 4.79 Å². The van der Waals surface area contributed by atoms with Crippen LogP contribution in [0.4, 0.5) is 11.4 Å². The Morgan fingerprint density at radius 1 is 0.659 bits per heavy atom. The molecule has 7 rings (SSSR count). The van der Waals surface area contributed by atoms with Crippen LogP contribution >= 0.6 is 0 Å². The molecular weight excluding hydrogens is 552 g/mol. The van der Waals surface area contributed by atoms with E-state index in [1.54, 1.807) is 25.3 Å². The van der Waals surface area contributed by atoms with E-state index in [9.17, 15) is 4.79 Å². The zero-order valence-corrected chi connectivity index (χ0v) is 24.2. The van der Waals surface area contributed by atoms with Crippen LogP contribution in [0.5, 0.6) is 11.5 Å². The molecule has 5 N–H and O–H groups in total. The van der Waals surface area contributed by atoms with Gasteiger partial charge < -0.3 is 30.5 Å². The number of methoxy groups -OCH3 is 2. The van der Waals surface area contributed by atoms with Crippen LogP contribution in [0.1, 0.15) is 10.4 Å². The van der Waals surface area contributed by atoms with Crippen molar-refractivity contribution in [1.82, 2.24) is 19.9 Å². The second kappa shape index (κ2) is 12.4. The van der Waals surface area contributed by atoms with Crippen molar-refractivity contribution in [2.24, 2.45) is 0 Å². The predicted molar refractivity (Wildman–Crippen MR) is 175 cm³/mol. The average Bonchev–Trinajstić information content (AvgIpc) is 3.70. The number of anilines is 2. The van der Waals surface area contributed by atoms with Gasteiger partial charge in [-0.05, 0) is 66.7 Å². The monoisotopic (exact) mass is 582 g/mol. The van der Waals surface area contributed by atoms with Gasteiger partial charge in [-0.15, -0.1) is 0 Å². The molecule has 2 aromatic heterocycles. The van der Waals surface area contributed by atoms with Crippen molar-refractivity contribution in [3.8, 4) is 34.3 Å². The number of nitrogen functional groups attached to an aromatic ring is 1. The number of nitrogens with two attached hydrogens (primary N) is 1. The molecule has 0 unspecified atom stereocenters. The first-order chi connectivity index (χ1) is 21.5. The number of H-pyrrole nitrogens is 2. The summed E-state index contributed by atoms with van der Waals surface area (Å²) in [6, 6.07) is 36.1. The van der Waals surface area contributed by atoms with Crippen LogP contribution in [-0.2, 0) is 0 Å². The Labute approximate surface area is 253 Å². The van der Waals surface area contributed by atoms with Crippen LogP contribution < -0.4 is 20.5 Å². The molecule has 0 saturated heterocycles. The van der Waals surface area contributed by atoms with E-state index in [1.807, 2.05) is 97.1 Å². The van der Waals surface area contributed by atoms with Crippen LogP contribution in [0.2, 0.25) is 0 Å². The molecule has 0 saturated carbocycles. The molecule has 9 heteroatoms. The summed E-state index contributed by atoms with van der Waals surface area (Å²) in [4.78, 5) is 28.5. The predicted octanol–water partition coefficient (Wildman–Crippen LogP) is 7.31. The fourth-order valence-electron chi connectivity index (χ4n) is 4.84. The molecular formula is C35H30N6O3. The van der Waals surface area contributed by atoms with Gasteiger partial charge in [0.25, 0.3) is 5.91 Å². The van der Waals surface area contributed by atoms with E-state index in [0.29, 0.717) is 28.6 Å². The third-order valence-electron chi connectivity index (χ3n) is 7.07. The molecule has 0 fully saturated rings. The van der Waals surface area contributed by atoms with Gasteiger partial charge in [0.05, 0.1) is 42.0 Å². The molecule has 2 heterocycles. The minimum atomic E-state index is -0.246. The molecule has 1 amide bonds. The summed E-state index contributed by atoms with van der Waals surface area (Å²) < 4.78 is 10.5. The van der Waals surface area contributed by atoms with Crippen molar-refractivity contribution in [2.75, 3.05) is 25.3 Å². The van der Waals surface area contributed by atoms with Gasteiger partial charge in [0.1, 0.15) is 11.6 Å². The molecule has 0 aliphatic rings. The second-order valence-electron chi connectivity index (χ2n) is 9.86. The highest BCUT2D eigenvalue weighted by atomic mass is 16.5. The molecule has 218 valence electrons. The number of carbonyl (C=O) groups excluding carboxylic acids is 1. The summed E-state index contributed by atoms with van der Waals surface area (Å²) in [7, 11) is 3.09. The summed E-state index contributed by atoms with van der Waals surface area (Å²) in [6.07, 6.45) is 0. The van der Waals surface area contributed by atoms with Gasteiger partial charge in [-0.2, -0.15) is 0 Å². The number of imidazole rings is 2. The van der Waals surface area contributed by atoms with E-state index in [4.69, 9.17) is 15.2 Å². The zero-order valence-electron chi connectivity index (χ0n) is 24.2. The average molecular weight is 583 g/mol. The number of aromatic amines is 2. The Balaban J connectivity index is 0.000000181. The van der Waals surface area contributed by atoms with Crippen molar-refractivity contribution in [2.45, 2.75) is 0 Å². The third-order valence-corrected chi connectivity index (χ3v) is 7.07. The Morgan fingerprint density at radius 2 is 1.20 bits per heavy atom. The summed E-state index contributed by atoms with van der Waals surface area (Å²) in [5, 5.41) is 2.96. The number of carbonyl (C=O) groups is 1. The molecule has 0 atom stereocenters. The lowest BCUT2D eigenvalue weighted by Gasteiger charge is -2.12. The first kappa shape index (κ1) is 28.0. The highest BCUT2D eigenvalue weighted by Crippen LogP contribution is 2.30. The standard InChI is InChI=1S/C22H19N3O3.C13H11N3/c1-27-19-12-11-14(13-20(19)28-2)22(26)25-16-8-4-3-7-15(16)21-23-17-9-5-6-10-18(17)24-21;14-10-6-2-1-5-9(10)13-15-11-7-3-4-8-12(11)16-13/h3-13H,1-2H3,(H,23,24)(H,25,26);1-8H,14H2,(H,15,16). The van der Waals surface area contributed by atoms with E-state index in [1.165, 1.54) is 7.11 Å². The summed E-state index contributed by atoms with van der Waals surface area (Å²) in [5.41, 5.74) is 13.3. The van der Waals surface area contributed by atoms with Gasteiger partial charge in [0.15, 0.2) is 11.5 Å². The first-order valence-corrected chi connectivity index (χ1v) is 13.9. The number of nitrogens with one attached hydrogen (secondary N) is 3. The summed E-state index contributed by atoms with van der Waals surface area (Å²) in [6.45, 7) is 0. The largest absolute Gasteiger partial charge is 0.493 e. The van der Waals surface area contributed by atoms with Crippen molar-refractivity contribution < 1.29 is 14.3 Å². The maximum Gasteiger partial charge on any atom is 0.255 e. The van der Waals surface area contributed by atoms with E-state index in [-0.39, 0.29) is 5.91 Å². The Bertz CT molecular complexity index is 2010. The number of hydrogen-bond donors (Lipinski definition) is 4. The minimum absolute atomic E-state index is 0.246. The lowest BCUT2D eigenvalue weighted by molar-refractivity contribution is 0.102. The summed E-state index contributed by atoms with van der Waals surface area (Å²) >= 11 is 0. The number of ether oxygens (including phenoxy) is 2.